The predicted octanol–water partition coefficient (Wildman–Crippen LogP) is 6.83. The lowest BCUT2D eigenvalue weighted by Crippen LogP contribution is -2.62. The van der Waals surface area contributed by atoms with E-state index in [4.69, 9.17) is 16.3 Å². The number of anilines is 1. The molecule has 2 aliphatic rings. The first-order valence-corrected chi connectivity index (χ1v) is 17.0. The fourth-order valence-corrected chi connectivity index (χ4v) is 6.20. The summed E-state index contributed by atoms with van der Waals surface area (Å²) < 4.78 is 6.06. The Morgan fingerprint density at radius 3 is 2.50 bits per heavy atom. The van der Waals surface area contributed by atoms with Gasteiger partial charge in [0.2, 0.25) is 11.8 Å². The number of benzene rings is 2. The minimum Gasteiger partial charge on any atom is -0.385 e. The van der Waals surface area contributed by atoms with E-state index in [1.54, 1.807) is 13.2 Å². The van der Waals surface area contributed by atoms with Crippen LogP contribution in [0.3, 0.4) is 0 Å². The summed E-state index contributed by atoms with van der Waals surface area (Å²) in [7, 11) is 0.798. The van der Waals surface area contributed by atoms with Crippen LogP contribution < -0.4 is 10.6 Å². The lowest BCUT2D eigenvalue weighted by atomic mass is 9.59. The van der Waals surface area contributed by atoms with E-state index in [1.165, 1.54) is 0 Å². The minimum absolute atomic E-state index is 0.0893. The number of ether oxygens (including phenoxy) is 1. The largest absolute Gasteiger partial charge is 0.385 e. The van der Waals surface area contributed by atoms with Gasteiger partial charge in [-0.3, -0.25) is 9.59 Å². The molecule has 194 valence electrons. The first-order valence-electron chi connectivity index (χ1n) is 12.2. The number of halogens is 2. The molecule has 2 amide bonds. The molecule has 2 heterocycles. The van der Waals surface area contributed by atoms with Gasteiger partial charge in [-0.1, -0.05) is 84.4 Å². The van der Waals surface area contributed by atoms with Gasteiger partial charge in [-0.15, -0.1) is 0 Å². The highest BCUT2D eigenvalue weighted by Gasteiger charge is 2.61. The minimum atomic E-state index is -0.983. The molecule has 5 nitrogen and oxygen atoms in total. The molecule has 2 aromatic rings. The highest BCUT2D eigenvalue weighted by Crippen LogP contribution is 2.54. The maximum atomic E-state index is 13.6. The summed E-state index contributed by atoms with van der Waals surface area (Å²) >= 11 is 9.73. The van der Waals surface area contributed by atoms with Gasteiger partial charge in [-0.2, -0.15) is 0 Å². The zero-order valence-electron chi connectivity index (χ0n) is 21.9. The van der Waals surface area contributed by atoms with E-state index >= 15 is 0 Å². The molecule has 0 aliphatic carbocycles. The third kappa shape index (κ3) is 5.49. The van der Waals surface area contributed by atoms with Crippen LogP contribution in [-0.2, 0) is 19.7 Å². The Morgan fingerprint density at radius 1 is 1.25 bits per heavy atom. The molecule has 2 aliphatic heterocycles. The third-order valence-electron chi connectivity index (χ3n) is 7.44. The predicted molar refractivity (Wildman–Crippen MR) is 154 cm³/mol. The van der Waals surface area contributed by atoms with Gasteiger partial charge in [-0.25, -0.2) is 0 Å². The van der Waals surface area contributed by atoms with Crippen molar-refractivity contribution in [3.05, 3.63) is 75.2 Å². The topological polar surface area (TPSA) is 67.4 Å². The zero-order valence-corrected chi connectivity index (χ0v) is 25.2. The van der Waals surface area contributed by atoms with Gasteiger partial charge in [0.25, 0.3) is 0 Å². The summed E-state index contributed by atoms with van der Waals surface area (Å²) in [5, 5.41) is 6.68. The lowest BCUT2D eigenvalue weighted by Gasteiger charge is -2.47. The Kier molecular flexibility index (Phi) is 8.92. The maximum absolute atomic E-state index is 13.6. The van der Waals surface area contributed by atoms with E-state index in [9.17, 15) is 9.59 Å². The van der Waals surface area contributed by atoms with Gasteiger partial charge in [0.15, 0.2) is 0 Å². The van der Waals surface area contributed by atoms with Crippen molar-refractivity contribution >= 4 is 53.1 Å². The van der Waals surface area contributed by atoms with E-state index in [0.717, 1.165) is 26.9 Å². The highest BCUT2D eigenvalue weighted by atomic mass is 79.9. The standard InChI is InChI=1S/C22H20BrClN2O2.C6H16OSi/c1-3-12(2)20-22(16-8-7-14(23)10-18(16)25-21(22)28)17(11-19(27)26-20)13-5-4-6-15(24)9-13;1-6(7-2)8(3,4)5/h4-10,17,20H,2-3,11H2,1H3,(H,25,28)(H,26,27);6H,1-5H3/t17-,20+,22-;/m0./s1. The average molecular weight is 592 g/mol. The molecule has 36 heavy (non-hydrogen) atoms. The Bertz CT molecular complexity index is 1170. The van der Waals surface area contributed by atoms with Crippen LogP contribution in [0.5, 0.6) is 0 Å². The summed E-state index contributed by atoms with van der Waals surface area (Å²) in [6, 6.07) is 12.7. The Balaban J connectivity index is 0.000000392. The van der Waals surface area contributed by atoms with E-state index in [-0.39, 0.29) is 24.2 Å². The Labute approximate surface area is 229 Å². The van der Waals surface area contributed by atoms with Crippen LogP contribution in [0, 0.1) is 0 Å². The van der Waals surface area contributed by atoms with Gasteiger partial charge in [0, 0.05) is 40.4 Å². The quantitative estimate of drug-likeness (QED) is 0.296. The van der Waals surface area contributed by atoms with Crippen LogP contribution in [0.2, 0.25) is 24.7 Å². The monoisotopic (exact) mass is 590 g/mol. The Hall–Kier alpha value is -1.93. The van der Waals surface area contributed by atoms with Crippen molar-refractivity contribution < 1.29 is 14.3 Å². The van der Waals surface area contributed by atoms with Gasteiger partial charge in [0.1, 0.15) is 5.41 Å². The molecular weight excluding hydrogens is 556 g/mol. The number of amides is 2. The summed E-state index contributed by atoms with van der Waals surface area (Å²) in [6.45, 7) is 15.2. The number of methoxy groups -OCH3 is 1. The van der Waals surface area contributed by atoms with E-state index in [1.807, 2.05) is 43.3 Å². The first kappa shape index (κ1) is 28.6. The van der Waals surface area contributed by atoms with Crippen molar-refractivity contribution in [2.45, 2.75) is 69.4 Å². The average Bonchev–Trinajstić information content (AvgIpc) is 3.10. The summed E-state index contributed by atoms with van der Waals surface area (Å²) in [4.78, 5) is 26.2. The van der Waals surface area contributed by atoms with Crippen LogP contribution in [0.15, 0.2) is 59.1 Å². The van der Waals surface area contributed by atoms with Gasteiger partial charge in [-0.05, 0) is 48.7 Å². The SMILES string of the molecule is C=C(CC)[C@H]1NC(=O)C[C@@H](c2cccc(Cl)c2)[C@]12C(=O)Nc1cc(Br)ccc12.COC(C)[Si](C)(C)C. The molecule has 2 N–H and O–H groups in total. The van der Waals surface area contributed by atoms with Crippen molar-refractivity contribution in [3.8, 4) is 0 Å². The normalized spacial score (nSPS) is 23.8. The molecular formula is C28H36BrClN2O3Si. The van der Waals surface area contributed by atoms with Gasteiger partial charge in [0.05, 0.1) is 14.1 Å². The van der Waals surface area contributed by atoms with Crippen LogP contribution in [0.4, 0.5) is 5.69 Å². The lowest BCUT2D eigenvalue weighted by molar-refractivity contribution is -0.130. The van der Waals surface area contributed by atoms with Crippen molar-refractivity contribution in [1.82, 2.24) is 5.32 Å². The number of fused-ring (bicyclic) bond motifs is 2. The van der Waals surface area contributed by atoms with Crippen molar-refractivity contribution in [2.24, 2.45) is 0 Å². The second-order valence-corrected chi connectivity index (χ2v) is 17.5. The summed E-state index contributed by atoms with van der Waals surface area (Å²) in [5.41, 5.74) is 2.86. The molecule has 0 bridgehead atoms. The van der Waals surface area contributed by atoms with Crippen LogP contribution >= 0.6 is 27.5 Å². The smallest absolute Gasteiger partial charge is 0.238 e. The Morgan fingerprint density at radius 2 is 1.94 bits per heavy atom. The fourth-order valence-electron chi connectivity index (χ4n) is 4.93. The molecule has 4 atom stereocenters. The van der Waals surface area contributed by atoms with Crippen LogP contribution in [0.1, 0.15) is 43.7 Å². The molecule has 0 saturated carbocycles. The third-order valence-corrected chi connectivity index (χ3v) is 10.8. The number of carbonyl (C=O) groups excluding carboxylic acids is 2. The van der Waals surface area contributed by atoms with E-state index in [2.05, 4.69) is 59.7 Å². The van der Waals surface area contributed by atoms with Gasteiger partial charge >= 0.3 is 0 Å². The zero-order chi connectivity index (χ0) is 26.8. The van der Waals surface area contributed by atoms with Crippen LogP contribution in [0.25, 0.3) is 0 Å². The van der Waals surface area contributed by atoms with Crippen LogP contribution in [-0.4, -0.2) is 38.8 Å². The molecule has 0 aromatic heterocycles. The molecule has 1 saturated heterocycles. The molecule has 0 radical (unpaired) electrons. The maximum Gasteiger partial charge on any atom is 0.238 e. The molecule has 1 spiro atoms. The number of carbonyl (C=O) groups is 2. The fraction of sp³-hybridized carbons (Fsp3) is 0.429. The first-order chi connectivity index (χ1) is 16.9. The number of piperidine rings is 1. The summed E-state index contributed by atoms with van der Waals surface area (Å²) in [6.07, 6.45) is 0.866. The highest BCUT2D eigenvalue weighted by molar-refractivity contribution is 9.10. The van der Waals surface area contributed by atoms with Crippen molar-refractivity contribution in [3.63, 3.8) is 0 Å². The second-order valence-electron chi connectivity index (χ2n) is 10.6. The molecule has 2 aromatic carbocycles. The van der Waals surface area contributed by atoms with Crippen molar-refractivity contribution in [1.29, 1.82) is 0 Å². The van der Waals surface area contributed by atoms with Gasteiger partial charge < -0.3 is 15.4 Å². The number of nitrogens with one attached hydrogen (secondary N) is 2. The number of rotatable bonds is 5. The number of hydrogen-bond acceptors (Lipinski definition) is 3. The second kappa shape index (κ2) is 11.2. The van der Waals surface area contributed by atoms with E-state index in [0.29, 0.717) is 17.2 Å². The molecule has 1 fully saturated rings. The molecule has 8 heteroatoms. The number of hydrogen-bond donors (Lipinski definition) is 2. The summed E-state index contributed by atoms with van der Waals surface area (Å²) in [5.74, 6) is -0.561. The molecule has 4 rings (SSSR count). The van der Waals surface area contributed by atoms with E-state index < -0.39 is 19.5 Å². The molecule has 1 unspecified atom stereocenters. The van der Waals surface area contributed by atoms with Crippen molar-refractivity contribution in [2.75, 3.05) is 12.4 Å².